The average Bonchev–Trinajstić information content (AvgIpc) is 2.15. The predicted octanol–water partition coefficient (Wildman–Crippen LogP) is 2.56. The van der Waals surface area contributed by atoms with E-state index in [1.165, 1.54) is 0 Å². The van der Waals surface area contributed by atoms with Crippen LogP contribution in [0.2, 0.25) is 5.02 Å². The molecule has 0 saturated carbocycles. The molecule has 1 aromatic rings. The summed E-state index contributed by atoms with van der Waals surface area (Å²) in [7, 11) is 1.57. The third kappa shape index (κ3) is 2.83. The van der Waals surface area contributed by atoms with Crippen LogP contribution in [0.5, 0.6) is 0 Å². The van der Waals surface area contributed by atoms with E-state index in [1.807, 2.05) is 0 Å². The maximum Gasteiger partial charge on any atom is 0.166 e. The highest BCUT2D eigenvalue weighted by molar-refractivity contribution is 6.33. The lowest BCUT2D eigenvalue weighted by Gasteiger charge is -2.01. The van der Waals surface area contributed by atoms with Crippen molar-refractivity contribution in [3.63, 3.8) is 0 Å². The molecule has 0 bridgehead atoms. The highest BCUT2D eigenvalue weighted by atomic mass is 35.5. The van der Waals surface area contributed by atoms with Crippen molar-refractivity contribution in [2.24, 2.45) is 0 Å². The number of carbonyl (C=O) groups is 1. The summed E-state index contributed by atoms with van der Waals surface area (Å²) in [5.41, 5.74) is 0.571. The van der Waals surface area contributed by atoms with E-state index in [9.17, 15) is 4.79 Å². The van der Waals surface area contributed by atoms with E-state index in [4.69, 9.17) is 16.3 Å². The second kappa shape index (κ2) is 5.00. The van der Waals surface area contributed by atoms with Gasteiger partial charge in [0, 0.05) is 19.1 Å². The van der Waals surface area contributed by atoms with Gasteiger partial charge in [-0.3, -0.25) is 4.79 Å². The molecule has 0 amide bonds. The van der Waals surface area contributed by atoms with Gasteiger partial charge in [-0.25, -0.2) is 0 Å². The molecule has 0 atom stereocenters. The second-order valence-electron chi connectivity index (χ2n) is 2.65. The number of halogens is 1. The molecule has 0 aliphatic rings. The van der Waals surface area contributed by atoms with Crippen molar-refractivity contribution in [3.8, 4) is 0 Å². The van der Waals surface area contributed by atoms with E-state index in [1.54, 1.807) is 31.4 Å². The fourth-order valence-corrected chi connectivity index (χ4v) is 1.26. The third-order valence-electron chi connectivity index (χ3n) is 1.71. The van der Waals surface area contributed by atoms with Crippen LogP contribution in [0.15, 0.2) is 24.3 Å². The summed E-state index contributed by atoms with van der Waals surface area (Å²) in [5.74, 6) is 0.0208. The minimum absolute atomic E-state index is 0.0208. The Morgan fingerprint density at radius 3 is 2.77 bits per heavy atom. The van der Waals surface area contributed by atoms with Crippen LogP contribution >= 0.6 is 11.6 Å². The zero-order valence-corrected chi connectivity index (χ0v) is 8.17. The van der Waals surface area contributed by atoms with Crippen LogP contribution < -0.4 is 0 Å². The Kier molecular flexibility index (Phi) is 3.93. The molecule has 0 aliphatic heterocycles. The molecule has 2 nitrogen and oxygen atoms in total. The van der Waals surface area contributed by atoms with Crippen LogP contribution in [0.3, 0.4) is 0 Å². The van der Waals surface area contributed by atoms with Crippen molar-refractivity contribution >= 4 is 17.4 Å². The molecule has 70 valence electrons. The van der Waals surface area contributed by atoms with E-state index >= 15 is 0 Å². The topological polar surface area (TPSA) is 26.3 Å². The molecule has 0 heterocycles. The summed E-state index contributed by atoms with van der Waals surface area (Å²) < 4.78 is 4.81. The van der Waals surface area contributed by atoms with E-state index < -0.39 is 0 Å². The number of carbonyl (C=O) groups excluding carboxylic acids is 1. The standard InChI is InChI=1S/C10H11ClO2/c1-13-7-6-10(12)8-4-2-3-5-9(8)11/h2-5H,6-7H2,1H3. The molecule has 0 aromatic heterocycles. The minimum atomic E-state index is 0.0208. The van der Waals surface area contributed by atoms with Gasteiger partial charge in [-0.2, -0.15) is 0 Å². The van der Waals surface area contributed by atoms with Gasteiger partial charge in [0.05, 0.1) is 11.6 Å². The molecule has 0 N–H and O–H groups in total. The highest BCUT2D eigenvalue weighted by Gasteiger charge is 2.08. The summed E-state index contributed by atoms with van der Waals surface area (Å²) in [6.07, 6.45) is 0.375. The maximum atomic E-state index is 11.5. The molecule has 0 aliphatic carbocycles. The van der Waals surface area contributed by atoms with E-state index in [0.717, 1.165) is 0 Å². The van der Waals surface area contributed by atoms with Crippen LogP contribution in [-0.4, -0.2) is 19.5 Å². The molecule has 3 heteroatoms. The summed E-state index contributed by atoms with van der Waals surface area (Å²) in [4.78, 5) is 11.5. The first-order chi connectivity index (χ1) is 6.25. The van der Waals surface area contributed by atoms with Crippen molar-refractivity contribution < 1.29 is 9.53 Å². The number of hydrogen-bond acceptors (Lipinski definition) is 2. The fourth-order valence-electron chi connectivity index (χ4n) is 1.02. The Balaban J connectivity index is 2.71. The van der Waals surface area contributed by atoms with E-state index in [2.05, 4.69) is 0 Å². The molecule has 0 radical (unpaired) electrons. The van der Waals surface area contributed by atoms with Gasteiger partial charge in [0.1, 0.15) is 0 Å². The number of Topliss-reactive ketones (excluding diaryl/α,β-unsaturated/α-hetero) is 1. The van der Waals surface area contributed by atoms with Gasteiger partial charge in [0.15, 0.2) is 5.78 Å². The van der Waals surface area contributed by atoms with Gasteiger partial charge in [0.2, 0.25) is 0 Å². The molecule has 0 saturated heterocycles. The monoisotopic (exact) mass is 198 g/mol. The lowest BCUT2D eigenvalue weighted by molar-refractivity contribution is 0.0932. The summed E-state index contributed by atoms with van der Waals surface area (Å²) >= 11 is 5.84. The fraction of sp³-hybridized carbons (Fsp3) is 0.300. The highest BCUT2D eigenvalue weighted by Crippen LogP contribution is 2.16. The third-order valence-corrected chi connectivity index (χ3v) is 2.04. The molecular weight excluding hydrogens is 188 g/mol. The first kappa shape index (κ1) is 10.2. The van der Waals surface area contributed by atoms with Crippen LogP contribution in [0.25, 0.3) is 0 Å². The van der Waals surface area contributed by atoms with Gasteiger partial charge in [-0.1, -0.05) is 23.7 Å². The van der Waals surface area contributed by atoms with Crippen molar-refractivity contribution in [3.05, 3.63) is 34.9 Å². The summed E-state index contributed by atoms with van der Waals surface area (Å²) in [6.45, 7) is 0.435. The molecule has 1 rings (SSSR count). The Morgan fingerprint density at radius 2 is 2.15 bits per heavy atom. The number of rotatable bonds is 4. The van der Waals surface area contributed by atoms with Crippen LogP contribution in [0.1, 0.15) is 16.8 Å². The molecule has 13 heavy (non-hydrogen) atoms. The lowest BCUT2D eigenvalue weighted by atomic mass is 10.1. The van der Waals surface area contributed by atoms with Gasteiger partial charge < -0.3 is 4.74 Å². The number of ketones is 1. The average molecular weight is 199 g/mol. The molecular formula is C10H11ClO2. The van der Waals surface area contributed by atoms with Crippen LogP contribution in [-0.2, 0) is 4.74 Å². The Labute approximate surface area is 82.5 Å². The number of methoxy groups -OCH3 is 1. The number of hydrogen-bond donors (Lipinski definition) is 0. The van der Waals surface area contributed by atoms with Gasteiger partial charge in [-0.05, 0) is 12.1 Å². The Morgan fingerprint density at radius 1 is 1.46 bits per heavy atom. The maximum absolute atomic E-state index is 11.5. The van der Waals surface area contributed by atoms with Crippen molar-refractivity contribution in [1.82, 2.24) is 0 Å². The summed E-state index contributed by atoms with van der Waals surface area (Å²) in [6, 6.07) is 7.03. The lowest BCUT2D eigenvalue weighted by Crippen LogP contribution is -2.03. The molecule has 0 fully saturated rings. The van der Waals surface area contributed by atoms with Gasteiger partial charge in [-0.15, -0.1) is 0 Å². The van der Waals surface area contributed by atoms with Crippen molar-refractivity contribution in [2.75, 3.05) is 13.7 Å². The van der Waals surface area contributed by atoms with Crippen LogP contribution in [0.4, 0.5) is 0 Å². The summed E-state index contributed by atoms with van der Waals surface area (Å²) in [5, 5.41) is 0.503. The number of benzene rings is 1. The molecule has 0 spiro atoms. The quantitative estimate of drug-likeness (QED) is 0.696. The Hall–Kier alpha value is -0.860. The van der Waals surface area contributed by atoms with Gasteiger partial charge >= 0.3 is 0 Å². The van der Waals surface area contributed by atoms with Crippen LogP contribution in [0, 0.1) is 0 Å². The Bertz CT molecular complexity index is 297. The zero-order chi connectivity index (χ0) is 9.68. The van der Waals surface area contributed by atoms with E-state index in [-0.39, 0.29) is 5.78 Å². The SMILES string of the molecule is COCCC(=O)c1ccccc1Cl. The number of ether oxygens (including phenoxy) is 1. The molecule has 0 unspecified atom stereocenters. The van der Waals surface area contributed by atoms with Crippen molar-refractivity contribution in [1.29, 1.82) is 0 Å². The largest absolute Gasteiger partial charge is 0.384 e. The van der Waals surface area contributed by atoms with Crippen molar-refractivity contribution in [2.45, 2.75) is 6.42 Å². The van der Waals surface area contributed by atoms with E-state index in [0.29, 0.717) is 23.6 Å². The first-order valence-electron chi connectivity index (χ1n) is 4.02. The van der Waals surface area contributed by atoms with Gasteiger partial charge in [0.25, 0.3) is 0 Å². The normalized spacial score (nSPS) is 10.0. The predicted molar refractivity (Wildman–Crippen MR) is 52.3 cm³/mol. The zero-order valence-electron chi connectivity index (χ0n) is 7.42. The smallest absolute Gasteiger partial charge is 0.166 e. The molecule has 1 aromatic carbocycles. The second-order valence-corrected chi connectivity index (χ2v) is 3.05. The first-order valence-corrected chi connectivity index (χ1v) is 4.40. The minimum Gasteiger partial charge on any atom is -0.384 e.